The molecule has 4 heteroatoms. The molecule has 0 radical (unpaired) electrons. The van der Waals surface area contributed by atoms with Crippen molar-refractivity contribution in [1.29, 1.82) is 5.26 Å². The summed E-state index contributed by atoms with van der Waals surface area (Å²) in [4.78, 5) is 13.2. The van der Waals surface area contributed by atoms with Crippen molar-refractivity contribution in [2.24, 2.45) is 5.41 Å². The van der Waals surface area contributed by atoms with Crippen molar-refractivity contribution < 1.29 is 4.79 Å². The van der Waals surface area contributed by atoms with Crippen LogP contribution in [0.15, 0.2) is 0 Å². The van der Waals surface area contributed by atoms with Gasteiger partial charge in [0, 0.05) is 26.2 Å². The van der Waals surface area contributed by atoms with Gasteiger partial charge in [0.1, 0.15) is 6.42 Å². The van der Waals surface area contributed by atoms with Crippen molar-refractivity contribution in [3.8, 4) is 6.07 Å². The Labute approximate surface area is 83.9 Å². The first-order valence-electron chi connectivity index (χ1n) is 5.11. The van der Waals surface area contributed by atoms with Gasteiger partial charge in [-0.25, -0.2) is 0 Å². The number of likely N-dealkylation sites (tertiary alicyclic amines) is 1. The third kappa shape index (κ3) is 1.60. The quantitative estimate of drug-likeness (QED) is 0.643. The van der Waals surface area contributed by atoms with Crippen LogP contribution in [0.1, 0.15) is 19.3 Å². The van der Waals surface area contributed by atoms with Crippen LogP contribution in [0, 0.1) is 16.7 Å². The van der Waals surface area contributed by atoms with Crippen molar-refractivity contribution in [3.05, 3.63) is 0 Å². The van der Waals surface area contributed by atoms with Crippen molar-refractivity contribution in [1.82, 2.24) is 10.2 Å². The van der Waals surface area contributed by atoms with Crippen LogP contribution < -0.4 is 5.32 Å². The summed E-state index contributed by atoms with van der Waals surface area (Å²) in [5.74, 6) is -0.00497. The Morgan fingerprint density at radius 2 is 2.07 bits per heavy atom. The van der Waals surface area contributed by atoms with Crippen molar-refractivity contribution >= 4 is 5.91 Å². The molecule has 76 valence electrons. The van der Waals surface area contributed by atoms with Crippen LogP contribution in [0.2, 0.25) is 0 Å². The molecule has 0 saturated carbocycles. The third-order valence-electron chi connectivity index (χ3n) is 3.41. The number of nitrogens with zero attached hydrogens (tertiary/aromatic N) is 2. The summed E-state index contributed by atoms with van der Waals surface area (Å²) in [6.07, 6.45) is 2.22. The maximum atomic E-state index is 11.4. The first-order chi connectivity index (χ1) is 6.76. The van der Waals surface area contributed by atoms with Gasteiger partial charge in [0.05, 0.1) is 6.07 Å². The van der Waals surface area contributed by atoms with Gasteiger partial charge in [-0.3, -0.25) is 4.79 Å². The van der Waals surface area contributed by atoms with Gasteiger partial charge in [0.2, 0.25) is 5.91 Å². The van der Waals surface area contributed by atoms with Gasteiger partial charge in [0.25, 0.3) is 0 Å². The number of hydrogen-bond donors (Lipinski definition) is 1. The smallest absolute Gasteiger partial charge is 0.236 e. The number of carbonyl (C=O) groups is 1. The highest BCUT2D eigenvalue weighted by molar-refractivity contribution is 5.78. The second-order valence-electron chi connectivity index (χ2n) is 4.32. The number of amides is 1. The normalized spacial score (nSPS) is 24.1. The number of hydrogen-bond acceptors (Lipinski definition) is 3. The maximum Gasteiger partial charge on any atom is 0.236 e. The molecule has 2 aliphatic rings. The highest BCUT2D eigenvalue weighted by Crippen LogP contribution is 2.34. The average molecular weight is 193 g/mol. The first kappa shape index (κ1) is 9.47. The zero-order chi connectivity index (χ0) is 10.0. The molecule has 0 aromatic carbocycles. The topological polar surface area (TPSA) is 56.1 Å². The van der Waals surface area contributed by atoms with E-state index in [1.165, 1.54) is 0 Å². The van der Waals surface area contributed by atoms with Crippen LogP contribution in [0.3, 0.4) is 0 Å². The Kier molecular flexibility index (Phi) is 2.42. The van der Waals surface area contributed by atoms with Gasteiger partial charge >= 0.3 is 0 Å². The number of nitriles is 1. The summed E-state index contributed by atoms with van der Waals surface area (Å²) in [6.45, 7) is 3.88. The van der Waals surface area contributed by atoms with Gasteiger partial charge in [-0.15, -0.1) is 0 Å². The number of nitrogens with one attached hydrogen (secondary N) is 1. The minimum Gasteiger partial charge on any atom is -0.342 e. The molecule has 0 atom stereocenters. The molecule has 2 saturated heterocycles. The van der Waals surface area contributed by atoms with Crippen LogP contribution in [0.25, 0.3) is 0 Å². The minimum absolute atomic E-state index is 0.00497. The Hall–Kier alpha value is -1.08. The van der Waals surface area contributed by atoms with E-state index >= 15 is 0 Å². The fraction of sp³-hybridized carbons (Fsp3) is 0.800. The van der Waals surface area contributed by atoms with Gasteiger partial charge in [-0.1, -0.05) is 0 Å². The average Bonchev–Trinajstić information content (AvgIpc) is 2.16. The standard InChI is InChI=1S/C10H15N3O/c11-4-1-9(14)13-5-2-10(3-6-13)7-12-8-10/h12H,1-3,5-8H2. The molecule has 1 amide bonds. The van der Waals surface area contributed by atoms with E-state index in [0.717, 1.165) is 39.0 Å². The number of rotatable bonds is 1. The van der Waals surface area contributed by atoms with Crippen LogP contribution >= 0.6 is 0 Å². The zero-order valence-corrected chi connectivity index (χ0v) is 8.25. The minimum atomic E-state index is -0.00497. The molecule has 0 aromatic heterocycles. The van der Waals surface area contributed by atoms with E-state index in [1.807, 2.05) is 11.0 Å². The van der Waals surface area contributed by atoms with E-state index < -0.39 is 0 Å². The second-order valence-corrected chi connectivity index (χ2v) is 4.32. The van der Waals surface area contributed by atoms with Crippen molar-refractivity contribution in [3.63, 3.8) is 0 Å². The second kappa shape index (κ2) is 3.58. The summed E-state index contributed by atoms with van der Waals surface area (Å²) in [6, 6.07) is 1.91. The first-order valence-corrected chi connectivity index (χ1v) is 5.11. The fourth-order valence-corrected chi connectivity index (χ4v) is 2.24. The SMILES string of the molecule is N#CCC(=O)N1CCC2(CC1)CNC2. The van der Waals surface area contributed by atoms with Crippen molar-refractivity contribution in [2.45, 2.75) is 19.3 Å². The molecule has 1 N–H and O–H groups in total. The molecular formula is C10H15N3O. The van der Waals surface area contributed by atoms with Crippen molar-refractivity contribution in [2.75, 3.05) is 26.2 Å². The Morgan fingerprint density at radius 3 is 2.50 bits per heavy atom. The van der Waals surface area contributed by atoms with Crippen LogP contribution in [-0.2, 0) is 4.79 Å². The molecule has 0 aromatic rings. The van der Waals surface area contributed by atoms with E-state index in [0.29, 0.717) is 5.41 Å². The summed E-state index contributed by atoms with van der Waals surface area (Å²) >= 11 is 0. The van der Waals surface area contributed by atoms with E-state index in [9.17, 15) is 4.79 Å². The van der Waals surface area contributed by atoms with Gasteiger partial charge in [-0.05, 0) is 18.3 Å². The predicted molar refractivity (Wildman–Crippen MR) is 51.3 cm³/mol. The Bertz CT molecular complexity index is 268. The Balaban J connectivity index is 1.84. The molecule has 2 heterocycles. The van der Waals surface area contributed by atoms with Crippen LogP contribution in [0.4, 0.5) is 0 Å². The molecule has 14 heavy (non-hydrogen) atoms. The largest absolute Gasteiger partial charge is 0.342 e. The molecule has 1 spiro atoms. The van der Waals surface area contributed by atoms with E-state index in [1.54, 1.807) is 0 Å². The van der Waals surface area contributed by atoms with E-state index in [4.69, 9.17) is 5.26 Å². The third-order valence-corrected chi connectivity index (χ3v) is 3.41. The molecular weight excluding hydrogens is 178 g/mol. The summed E-state index contributed by atoms with van der Waals surface area (Å²) < 4.78 is 0. The van der Waals surface area contributed by atoms with Gasteiger partial charge in [0.15, 0.2) is 0 Å². The lowest BCUT2D eigenvalue weighted by Crippen LogP contribution is -2.58. The number of piperidine rings is 1. The molecule has 0 bridgehead atoms. The van der Waals surface area contributed by atoms with Crippen LogP contribution in [-0.4, -0.2) is 37.0 Å². The summed E-state index contributed by atoms with van der Waals surface area (Å²) in [5, 5.41) is 11.7. The Morgan fingerprint density at radius 1 is 1.43 bits per heavy atom. The molecule has 4 nitrogen and oxygen atoms in total. The highest BCUT2D eigenvalue weighted by Gasteiger charge is 2.40. The lowest BCUT2D eigenvalue weighted by Gasteiger charge is -2.48. The van der Waals surface area contributed by atoms with E-state index in [-0.39, 0.29) is 12.3 Å². The van der Waals surface area contributed by atoms with Crippen LogP contribution in [0.5, 0.6) is 0 Å². The highest BCUT2D eigenvalue weighted by atomic mass is 16.2. The molecule has 2 fully saturated rings. The van der Waals surface area contributed by atoms with E-state index in [2.05, 4.69) is 5.32 Å². The molecule has 2 rings (SSSR count). The zero-order valence-electron chi connectivity index (χ0n) is 8.25. The summed E-state index contributed by atoms with van der Waals surface area (Å²) in [7, 11) is 0. The summed E-state index contributed by atoms with van der Waals surface area (Å²) in [5.41, 5.74) is 0.476. The molecule has 0 unspecified atom stereocenters. The van der Waals surface area contributed by atoms with Gasteiger partial charge < -0.3 is 10.2 Å². The lowest BCUT2D eigenvalue weighted by molar-refractivity contribution is -0.133. The monoisotopic (exact) mass is 193 g/mol. The number of carbonyl (C=O) groups excluding carboxylic acids is 1. The fourth-order valence-electron chi connectivity index (χ4n) is 2.24. The lowest BCUT2D eigenvalue weighted by atomic mass is 9.73. The predicted octanol–water partition coefficient (Wildman–Crippen LogP) is 0.112. The molecule has 0 aliphatic carbocycles. The van der Waals surface area contributed by atoms with Gasteiger partial charge in [-0.2, -0.15) is 5.26 Å². The maximum absolute atomic E-state index is 11.4. The molecule has 2 aliphatic heterocycles.